The highest BCUT2D eigenvalue weighted by Crippen LogP contribution is 2.16. The van der Waals surface area contributed by atoms with Gasteiger partial charge in [0.15, 0.2) is 0 Å². The Hall–Kier alpha value is -1.39. The quantitative estimate of drug-likeness (QED) is 0.725. The summed E-state index contributed by atoms with van der Waals surface area (Å²) in [4.78, 5) is 13.5. The summed E-state index contributed by atoms with van der Waals surface area (Å²) in [6.07, 6.45) is 5.09. The number of hydrogen-bond donors (Lipinski definition) is 2. The molecule has 0 radical (unpaired) electrons. The zero-order chi connectivity index (χ0) is 15.8. The number of piperidine rings is 1. The molecule has 0 unspecified atom stereocenters. The number of benzene rings is 1. The highest BCUT2D eigenvalue weighted by Gasteiger charge is 2.14. The number of nitrogens with one attached hydrogen (secondary N) is 1. The molecule has 0 atom stereocenters. The summed E-state index contributed by atoms with van der Waals surface area (Å²) in [7, 11) is 0. The summed E-state index contributed by atoms with van der Waals surface area (Å²) in [5, 5.41) is 12.4. The Morgan fingerprint density at radius 3 is 2.82 bits per heavy atom. The Bertz CT molecular complexity index is 468. The first-order chi connectivity index (χ1) is 10.6. The summed E-state index contributed by atoms with van der Waals surface area (Å²) in [6.45, 7) is 7.81. The second-order valence-corrected chi connectivity index (χ2v) is 6.41. The van der Waals surface area contributed by atoms with Crippen LogP contribution in [0.25, 0.3) is 0 Å². The van der Waals surface area contributed by atoms with Crippen LogP contribution in [-0.4, -0.2) is 42.2 Å². The van der Waals surface area contributed by atoms with Crippen LogP contribution in [-0.2, 0) is 6.54 Å². The van der Waals surface area contributed by atoms with Gasteiger partial charge in [-0.05, 0) is 75.5 Å². The molecule has 1 heterocycles. The smallest absolute Gasteiger partial charge is 0.335 e. The van der Waals surface area contributed by atoms with Gasteiger partial charge in [0.1, 0.15) is 0 Å². The van der Waals surface area contributed by atoms with E-state index in [0.717, 1.165) is 24.6 Å². The molecule has 2 rings (SSSR count). The Morgan fingerprint density at radius 1 is 1.32 bits per heavy atom. The van der Waals surface area contributed by atoms with E-state index in [1.54, 1.807) is 18.2 Å². The number of carboxylic acid groups (broad SMARTS) is 1. The van der Waals surface area contributed by atoms with Crippen molar-refractivity contribution >= 4 is 5.97 Å². The van der Waals surface area contributed by atoms with Gasteiger partial charge in [0.2, 0.25) is 0 Å². The van der Waals surface area contributed by atoms with Crippen LogP contribution in [0.1, 0.15) is 48.5 Å². The van der Waals surface area contributed by atoms with Crippen molar-refractivity contribution < 1.29 is 9.90 Å². The van der Waals surface area contributed by atoms with E-state index in [1.807, 2.05) is 6.07 Å². The Labute approximate surface area is 133 Å². The maximum atomic E-state index is 10.9. The van der Waals surface area contributed by atoms with Crippen LogP contribution >= 0.6 is 0 Å². The van der Waals surface area contributed by atoms with E-state index in [0.29, 0.717) is 5.56 Å². The minimum absolute atomic E-state index is 0.360. The molecule has 0 aliphatic carbocycles. The molecule has 0 amide bonds. The molecule has 4 heteroatoms. The second-order valence-electron chi connectivity index (χ2n) is 6.41. The van der Waals surface area contributed by atoms with E-state index in [1.165, 1.54) is 45.3 Å². The third-order valence-corrected chi connectivity index (χ3v) is 4.46. The zero-order valence-electron chi connectivity index (χ0n) is 13.6. The summed E-state index contributed by atoms with van der Waals surface area (Å²) in [5.74, 6) is 0.0391. The van der Waals surface area contributed by atoms with Crippen molar-refractivity contribution in [3.63, 3.8) is 0 Å². The van der Waals surface area contributed by atoms with Gasteiger partial charge in [-0.2, -0.15) is 0 Å². The van der Waals surface area contributed by atoms with E-state index in [4.69, 9.17) is 5.11 Å². The lowest BCUT2D eigenvalue weighted by Gasteiger charge is -2.30. The Balaban J connectivity index is 1.56. The van der Waals surface area contributed by atoms with E-state index in [2.05, 4.69) is 17.1 Å². The highest BCUT2D eigenvalue weighted by molar-refractivity contribution is 5.87. The highest BCUT2D eigenvalue weighted by atomic mass is 16.4. The lowest BCUT2D eigenvalue weighted by molar-refractivity contribution is 0.0696. The van der Waals surface area contributed by atoms with Gasteiger partial charge in [-0.15, -0.1) is 0 Å². The lowest BCUT2D eigenvalue weighted by Crippen LogP contribution is -2.33. The average Bonchev–Trinajstić information content (AvgIpc) is 2.52. The Morgan fingerprint density at radius 2 is 2.09 bits per heavy atom. The molecule has 1 aliphatic heterocycles. The standard InChI is InChI=1S/C18H28N2O2/c1-15-7-11-20(12-8-15)10-3-2-9-19-14-16-5-4-6-17(13-16)18(21)22/h4-6,13,15,19H,2-3,7-12,14H2,1H3,(H,21,22). The molecule has 0 spiro atoms. The average molecular weight is 304 g/mol. The molecule has 1 fully saturated rings. The van der Waals surface area contributed by atoms with E-state index >= 15 is 0 Å². The summed E-state index contributed by atoms with van der Waals surface area (Å²) < 4.78 is 0. The monoisotopic (exact) mass is 304 g/mol. The molecule has 4 nitrogen and oxygen atoms in total. The minimum atomic E-state index is -0.863. The molecule has 1 saturated heterocycles. The number of rotatable bonds is 8. The molecular weight excluding hydrogens is 276 g/mol. The summed E-state index contributed by atoms with van der Waals surface area (Å²) >= 11 is 0. The number of carbonyl (C=O) groups is 1. The molecule has 1 aliphatic rings. The molecular formula is C18H28N2O2. The van der Waals surface area contributed by atoms with Crippen LogP contribution in [0.5, 0.6) is 0 Å². The van der Waals surface area contributed by atoms with E-state index in [-0.39, 0.29) is 0 Å². The van der Waals surface area contributed by atoms with E-state index < -0.39 is 5.97 Å². The van der Waals surface area contributed by atoms with Crippen LogP contribution in [0, 0.1) is 5.92 Å². The fraction of sp³-hybridized carbons (Fsp3) is 0.611. The van der Waals surface area contributed by atoms with Crippen molar-refractivity contribution in [2.24, 2.45) is 5.92 Å². The fourth-order valence-electron chi connectivity index (χ4n) is 2.92. The Kier molecular flexibility index (Phi) is 6.87. The number of hydrogen-bond acceptors (Lipinski definition) is 3. The van der Waals surface area contributed by atoms with Crippen molar-refractivity contribution in [2.45, 2.75) is 39.2 Å². The van der Waals surface area contributed by atoms with Crippen molar-refractivity contribution in [3.8, 4) is 0 Å². The maximum Gasteiger partial charge on any atom is 0.335 e. The minimum Gasteiger partial charge on any atom is -0.478 e. The van der Waals surface area contributed by atoms with Crippen molar-refractivity contribution in [1.29, 1.82) is 0 Å². The van der Waals surface area contributed by atoms with Crippen molar-refractivity contribution in [2.75, 3.05) is 26.2 Å². The van der Waals surface area contributed by atoms with Gasteiger partial charge in [0.25, 0.3) is 0 Å². The van der Waals surface area contributed by atoms with Crippen molar-refractivity contribution in [3.05, 3.63) is 35.4 Å². The number of carboxylic acids is 1. The van der Waals surface area contributed by atoms with Gasteiger partial charge >= 0.3 is 5.97 Å². The van der Waals surface area contributed by atoms with E-state index in [9.17, 15) is 4.79 Å². The maximum absolute atomic E-state index is 10.9. The number of unbranched alkanes of at least 4 members (excludes halogenated alkanes) is 1. The first-order valence-corrected chi connectivity index (χ1v) is 8.40. The topological polar surface area (TPSA) is 52.6 Å². The van der Waals surface area contributed by atoms with Gasteiger partial charge in [0, 0.05) is 6.54 Å². The molecule has 0 saturated carbocycles. The number of likely N-dealkylation sites (tertiary alicyclic amines) is 1. The van der Waals surface area contributed by atoms with Gasteiger partial charge < -0.3 is 15.3 Å². The molecule has 2 N–H and O–H groups in total. The molecule has 22 heavy (non-hydrogen) atoms. The first kappa shape index (κ1) is 17.0. The van der Waals surface area contributed by atoms with Gasteiger partial charge in [-0.25, -0.2) is 4.79 Å². The first-order valence-electron chi connectivity index (χ1n) is 8.40. The zero-order valence-corrected chi connectivity index (χ0v) is 13.6. The molecule has 1 aromatic carbocycles. The normalized spacial score (nSPS) is 16.8. The van der Waals surface area contributed by atoms with Crippen LogP contribution in [0.2, 0.25) is 0 Å². The summed E-state index contributed by atoms with van der Waals surface area (Å²) in [5.41, 5.74) is 1.39. The van der Waals surface area contributed by atoms with Crippen LogP contribution < -0.4 is 5.32 Å². The molecule has 0 bridgehead atoms. The SMILES string of the molecule is CC1CCN(CCCCNCc2cccc(C(=O)O)c2)CC1. The third-order valence-electron chi connectivity index (χ3n) is 4.46. The van der Waals surface area contributed by atoms with Crippen LogP contribution in [0.15, 0.2) is 24.3 Å². The number of nitrogens with zero attached hydrogens (tertiary/aromatic N) is 1. The van der Waals surface area contributed by atoms with Crippen LogP contribution in [0.4, 0.5) is 0 Å². The molecule has 122 valence electrons. The number of aromatic carboxylic acids is 1. The molecule has 0 aromatic heterocycles. The second kappa shape index (κ2) is 8.91. The third kappa shape index (κ3) is 5.78. The predicted octanol–water partition coefficient (Wildman–Crippen LogP) is 2.99. The van der Waals surface area contributed by atoms with Gasteiger partial charge in [-0.3, -0.25) is 0 Å². The van der Waals surface area contributed by atoms with Gasteiger partial charge in [0.05, 0.1) is 5.56 Å². The van der Waals surface area contributed by atoms with Crippen LogP contribution in [0.3, 0.4) is 0 Å². The fourth-order valence-corrected chi connectivity index (χ4v) is 2.92. The largest absolute Gasteiger partial charge is 0.478 e. The predicted molar refractivity (Wildman–Crippen MR) is 89.2 cm³/mol. The summed E-state index contributed by atoms with van der Waals surface area (Å²) in [6, 6.07) is 7.14. The van der Waals surface area contributed by atoms with Gasteiger partial charge in [-0.1, -0.05) is 19.1 Å². The molecule has 1 aromatic rings. The van der Waals surface area contributed by atoms with Crippen molar-refractivity contribution in [1.82, 2.24) is 10.2 Å². The lowest BCUT2D eigenvalue weighted by atomic mass is 9.99.